The maximum Gasteiger partial charge on any atom is 0.129 e. The summed E-state index contributed by atoms with van der Waals surface area (Å²) < 4.78 is 0. The van der Waals surface area contributed by atoms with Crippen molar-refractivity contribution < 1.29 is 20.4 Å². The zero-order chi connectivity index (χ0) is 29.8. The number of hydrogen-bond acceptors (Lipinski definition) is 6. The smallest absolute Gasteiger partial charge is 0.129 e. The minimum Gasteiger partial charge on any atom is -0.507 e. The Morgan fingerprint density at radius 3 is 1.18 bits per heavy atom. The number of hydrogen-bond donors (Lipinski definition) is 4. The Morgan fingerprint density at radius 1 is 0.500 bits per heavy atom. The second-order valence-corrected chi connectivity index (χ2v) is 14.1. The number of aromatic hydroxyl groups is 4. The number of para-hydroxylation sites is 2. The standard InChI is InChI=1S/C22H30O2S.C12H10O2S/c1-13-9-15(11-17(19(13)23)21(3,4)5)25-16-10-14(2)20(24)18(12-16)22(6,7)8;13-9-5-1-3-7-11(9)15-12-8-4-2-6-10(12)14/h9-12,23-24H,1-8H3;1-8,13-14H. The van der Waals surface area contributed by atoms with Crippen LogP contribution in [0.3, 0.4) is 0 Å². The molecule has 0 radical (unpaired) electrons. The van der Waals surface area contributed by atoms with Gasteiger partial charge in [0.05, 0.1) is 9.79 Å². The average molecular weight is 577 g/mol. The van der Waals surface area contributed by atoms with E-state index < -0.39 is 0 Å². The Morgan fingerprint density at radius 2 is 0.850 bits per heavy atom. The first kappa shape index (κ1) is 31.3. The summed E-state index contributed by atoms with van der Waals surface area (Å²) in [6.45, 7) is 16.5. The molecule has 40 heavy (non-hydrogen) atoms. The molecule has 212 valence electrons. The van der Waals surface area contributed by atoms with E-state index in [1.807, 2.05) is 50.2 Å². The lowest BCUT2D eigenvalue weighted by Gasteiger charge is -2.24. The van der Waals surface area contributed by atoms with Crippen LogP contribution >= 0.6 is 23.5 Å². The summed E-state index contributed by atoms with van der Waals surface area (Å²) >= 11 is 3.01. The molecule has 0 saturated carbocycles. The quantitative estimate of drug-likeness (QED) is 0.194. The van der Waals surface area contributed by atoms with Crippen molar-refractivity contribution in [3.8, 4) is 23.0 Å². The maximum atomic E-state index is 10.4. The van der Waals surface area contributed by atoms with Crippen LogP contribution in [0, 0.1) is 13.8 Å². The number of aryl methyl sites for hydroxylation is 2. The van der Waals surface area contributed by atoms with Crippen molar-refractivity contribution in [3.63, 3.8) is 0 Å². The Hall–Kier alpha value is -3.22. The number of phenolic OH excluding ortho intramolecular Hbond substituents is 4. The molecular formula is C34H40O4S2. The van der Waals surface area contributed by atoms with Crippen molar-refractivity contribution >= 4 is 23.5 Å². The molecule has 4 nitrogen and oxygen atoms in total. The van der Waals surface area contributed by atoms with E-state index in [4.69, 9.17) is 0 Å². The zero-order valence-electron chi connectivity index (χ0n) is 24.5. The van der Waals surface area contributed by atoms with Crippen LogP contribution in [0.5, 0.6) is 23.0 Å². The topological polar surface area (TPSA) is 80.9 Å². The van der Waals surface area contributed by atoms with E-state index in [1.54, 1.807) is 36.0 Å². The van der Waals surface area contributed by atoms with E-state index in [0.717, 1.165) is 41.8 Å². The normalized spacial score (nSPS) is 11.6. The fraction of sp³-hybridized carbons (Fsp3) is 0.294. The monoisotopic (exact) mass is 576 g/mol. The van der Waals surface area contributed by atoms with E-state index in [0.29, 0.717) is 11.5 Å². The van der Waals surface area contributed by atoms with Crippen molar-refractivity contribution in [3.05, 3.63) is 95.1 Å². The fourth-order valence-electron chi connectivity index (χ4n) is 4.10. The van der Waals surface area contributed by atoms with E-state index >= 15 is 0 Å². The highest BCUT2D eigenvalue weighted by molar-refractivity contribution is 7.99. The summed E-state index contributed by atoms with van der Waals surface area (Å²) in [5.41, 5.74) is 3.46. The predicted molar refractivity (Wildman–Crippen MR) is 168 cm³/mol. The van der Waals surface area contributed by atoms with Crippen molar-refractivity contribution in [2.75, 3.05) is 0 Å². The largest absolute Gasteiger partial charge is 0.507 e. The van der Waals surface area contributed by atoms with Gasteiger partial charge in [-0.3, -0.25) is 0 Å². The molecule has 0 fully saturated rings. The average Bonchev–Trinajstić information content (AvgIpc) is 2.85. The number of phenols is 4. The molecule has 0 atom stereocenters. The van der Waals surface area contributed by atoms with Gasteiger partial charge >= 0.3 is 0 Å². The lowest BCUT2D eigenvalue weighted by Crippen LogP contribution is -2.12. The first-order valence-corrected chi connectivity index (χ1v) is 14.8. The molecule has 0 heterocycles. The van der Waals surface area contributed by atoms with Crippen LogP contribution in [0.1, 0.15) is 63.8 Å². The third-order valence-corrected chi connectivity index (χ3v) is 8.42. The molecular weight excluding hydrogens is 537 g/mol. The maximum absolute atomic E-state index is 10.4. The lowest BCUT2D eigenvalue weighted by atomic mass is 9.85. The molecule has 0 aromatic heterocycles. The van der Waals surface area contributed by atoms with Gasteiger partial charge in [-0.25, -0.2) is 0 Å². The van der Waals surface area contributed by atoms with Crippen LogP contribution < -0.4 is 0 Å². The molecule has 4 aromatic rings. The molecule has 0 spiro atoms. The molecule has 4 rings (SSSR count). The second-order valence-electron chi connectivity index (χ2n) is 11.9. The van der Waals surface area contributed by atoms with Crippen molar-refractivity contribution in [1.82, 2.24) is 0 Å². The molecule has 0 aliphatic rings. The van der Waals surface area contributed by atoms with Gasteiger partial charge in [-0.15, -0.1) is 0 Å². The van der Waals surface area contributed by atoms with E-state index in [1.165, 1.54) is 11.8 Å². The first-order chi connectivity index (χ1) is 18.6. The number of benzene rings is 4. The summed E-state index contributed by atoms with van der Waals surface area (Å²) in [5, 5.41) is 39.9. The molecule has 0 bridgehead atoms. The molecule has 6 heteroatoms. The highest BCUT2D eigenvalue weighted by atomic mass is 32.2. The van der Waals surface area contributed by atoms with Crippen LogP contribution in [0.25, 0.3) is 0 Å². The zero-order valence-corrected chi connectivity index (χ0v) is 26.2. The van der Waals surface area contributed by atoms with Gasteiger partial charge in [0.25, 0.3) is 0 Å². The summed E-state index contributed by atoms with van der Waals surface area (Å²) in [4.78, 5) is 3.67. The van der Waals surface area contributed by atoms with E-state index in [9.17, 15) is 20.4 Å². The third-order valence-electron chi connectivity index (χ3n) is 6.35. The van der Waals surface area contributed by atoms with Crippen molar-refractivity contribution in [1.29, 1.82) is 0 Å². The molecule has 4 aromatic carbocycles. The molecule has 0 amide bonds. The van der Waals surface area contributed by atoms with Gasteiger partial charge in [0.1, 0.15) is 23.0 Å². The minimum atomic E-state index is -0.118. The van der Waals surface area contributed by atoms with Gasteiger partial charge in [0, 0.05) is 20.9 Å². The van der Waals surface area contributed by atoms with Gasteiger partial charge < -0.3 is 20.4 Å². The molecule has 4 N–H and O–H groups in total. The highest BCUT2D eigenvalue weighted by Gasteiger charge is 2.22. The SMILES string of the molecule is Cc1cc(Sc2cc(C)c(O)c(C(C)(C)C)c2)cc(C(C)(C)C)c1O.Oc1ccccc1Sc1ccccc1O. The summed E-state index contributed by atoms with van der Waals surface area (Å²) in [5.74, 6) is 1.22. The molecule has 0 unspecified atom stereocenters. The first-order valence-electron chi connectivity index (χ1n) is 13.2. The van der Waals surface area contributed by atoms with Gasteiger partial charge in [0.2, 0.25) is 0 Å². The van der Waals surface area contributed by atoms with Gasteiger partial charge in [0.15, 0.2) is 0 Å². The van der Waals surface area contributed by atoms with Crippen molar-refractivity contribution in [2.45, 2.75) is 85.8 Å². The van der Waals surface area contributed by atoms with Gasteiger partial charge in [-0.1, -0.05) is 89.3 Å². The summed E-state index contributed by atoms with van der Waals surface area (Å²) in [7, 11) is 0. The summed E-state index contributed by atoms with van der Waals surface area (Å²) in [6.07, 6.45) is 0. The second kappa shape index (κ2) is 12.5. The third kappa shape index (κ3) is 7.92. The van der Waals surface area contributed by atoms with Crippen LogP contribution in [-0.2, 0) is 10.8 Å². The van der Waals surface area contributed by atoms with Crippen LogP contribution in [-0.4, -0.2) is 20.4 Å². The minimum absolute atomic E-state index is 0.118. The van der Waals surface area contributed by atoms with Gasteiger partial charge in [-0.05, 0) is 84.3 Å². The van der Waals surface area contributed by atoms with E-state index in [2.05, 4.69) is 53.7 Å². The Labute approximate surface area is 247 Å². The van der Waals surface area contributed by atoms with Crippen LogP contribution in [0.4, 0.5) is 0 Å². The molecule has 0 aliphatic heterocycles. The van der Waals surface area contributed by atoms with Crippen LogP contribution in [0.2, 0.25) is 0 Å². The Balaban J connectivity index is 0.000000249. The van der Waals surface area contributed by atoms with E-state index in [-0.39, 0.29) is 22.3 Å². The van der Waals surface area contributed by atoms with Crippen molar-refractivity contribution in [2.24, 2.45) is 0 Å². The Bertz CT molecular complexity index is 1370. The number of rotatable bonds is 4. The highest BCUT2D eigenvalue weighted by Crippen LogP contribution is 2.42. The predicted octanol–water partition coefficient (Wildman–Crippen LogP) is 9.71. The molecule has 0 saturated heterocycles. The Kier molecular flexibility index (Phi) is 9.81. The van der Waals surface area contributed by atoms with Gasteiger partial charge in [-0.2, -0.15) is 0 Å². The summed E-state index contributed by atoms with van der Waals surface area (Å²) in [6, 6.07) is 22.3. The fourth-order valence-corrected chi connectivity index (χ4v) is 6.07. The van der Waals surface area contributed by atoms with Crippen LogP contribution in [0.15, 0.2) is 92.4 Å². The molecule has 0 aliphatic carbocycles. The lowest BCUT2D eigenvalue weighted by molar-refractivity contribution is 0.441.